The first-order valence-electron chi connectivity index (χ1n) is 8.48. The van der Waals surface area contributed by atoms with Crippen molar-refractivity contribution in [1.29, 1.82) is 0 Å². The molecule has 0 saturated heterocycles. The lowest BCUT2D eigenvalue weighted by atomic mass is 10.2. The van der Waals surface area contributed by atoms with Gasteiger partial charge in [0, 0.05) is 23.5 Å². The van der Waals surface area contributed by atoms with Crippen molar-refractivity contribution in [2.45, 2.75) is 19.8 Å². The number of anilines is 1. The molecule has 8 heteroatoms. The number of nitrogens with one attached hydrogen (secondary N) is 1. The topological polar surface area (TPSA) is 94.1 Å². The summed E-state index contributed by atoms with van der Waals surface area (Å²) in [6.07, 6.45) is 6.55. The number of esters is 1. The Labute approximate surface area is 160 Å². The van der Waals surface area contributed by atoms with Gasteiger partial charge in [-0.15, -0.1) is 11.3 Å². The number of amides is 1. The molecule has 27 heavy (non-hydrogen) atoms. The second-order valence-corrected chi connectivity index (χ2v) is 6.51. The van der Waals surface area contributed by atoms with Crippen molar-refractivity contribution in [2.24, 2.45) is 0 Å². The van der Waals surface area contributed by atoms with Crippen molar-refractivity contribution in [3.8, 4) is 10.7 Å². The molecule has 2 heterocycles. The Morgan fingerprint density at radius 1 is 1.19 bits per heavy atom. The van der Waals surface area contributed by atoms with Gasteiger partial charge < -0.3 is 10.1 Å². The third kappa shape index (κ3) is 4.95. The molecular weight excluding hydrogens is 364 g/mol. The predicted octanol–water partition coefficient (Wildman–Crippen LogP) is 3.81. The van der Waals surface area contributed by atoms with Crippen LogP contribution in [0.25, 0.3) is 10.7 Å². The molecule has 3 aromatic rings. The van der Waals surface area contributed by atoms with E-state index in [9.17, 15) is 9.59 Å². The largest absolute Gasteiger partial charge is 0.462 e. The summed E-state index contributed by atoms with van der Waals surface area (Å²) in [4.78, 5) is 36.7. The van der Waals surface area contributed by atoms with Crippen LogP contribution in [-0.4, -0.2) is 33.4 Å². The van der Waals surface area contributed by atoms with E-state index in [1.54, 1.807) is 48.2 Å². The third-order valence-corrected chi connectivity index (χ3v) is 4.49. The number of nitrogens with zero attached hydrogens (tertiary/aromatic N) is 3. The molecule has 138 valence electrons. The van der Waals surface area contributed by atoms with E-state index in [2.05, 4.69) is 20.3 Å². The third-order valence-electron chi connectivity index (χ3n) is 3.63. The smallest absolute Gasteiger partial charge is 0.338 e. The number of benzene rings is 1. The van der Waals surface area contributed by atoms with Crippen molar-refractivity contribution >= 4 is 28.9 Å². The summed E-state index contributed by atoms with van der Waals surface area (Å²) in [6, 6.07) is 6.56. The van der Waals surface area contributed by atoms with Crippen LogP contribution in [0, 0.1) is 0 Å². The number of carbonyl (C=O) groups is 2. The van der Waals surface area contributed by atoms with Crippen LogP contribution < -0.4 is 5.32 Å². The van der Waals surface area contributed by atoms with Crippen LogP contribution in [0.2, 0.25) is 0 Å². The first kappa shape index (κ1) is 18.7. The maximum absolute atomic E-state index is 12.4. The van der Waals surface area contributed by atoms with Gasteiger partial charge in [-0.25, -0.2) is 9.78 Å². The molecule has 1 aromatic carbocycles. The van der Waals surface area contributed by atoms with E-state index in [4.69, 9.17) is 4.74 Å². The quantitative estimate of drug-likeness (QED) is 0.493. The summed E-state index contributed by atoms with van der Waals surface area (Å²) in [5.74, 6) is -0.700. The van der Waals surface area contributed by atoms with Crippen molar-refractivity contribution in [1.82, 2.24) is 15.0 Å². The molecule has 0 aliphatic rings. The monoisotopic (exact) mass is 382 g/mol. The van der Waals surface area contributed by atoms with Gasteiger partial charge in [0.05, 0.1) is 18.4 Å². The lowest BCUT2D eigenvalue weighted by molar-refractivity contribution is 0.0499. The summed E-state index contributed by atoms with van der Waals surface area (Å²) < 4.78 is 5.16. The highest BCUT2D eigenvalue weighted by atomic mass is 32.1. The highest BCUT2D eigenvalue weighted by molar-refractivity contribution is 7.13. The molecule has 0 radical (unpaired) electrons. The molecule has 1 N–H and O–H groups in total. The first-order chi connectivity index (χ1) is 13.2. The summed E-state index contributed by atoms with van der Waals surface area (Å²) in [5, 5.41) is 5.05. The summed E-state index contributed by atoms with van der Waals surface area (Å²) in [5.41, 5.74) is 1.93. The molecule has 0 unspecified atom stereocenters. The number of aromatic nitrogens is 3. The molecule has 0 fully saturated rings. The summed E-state index contributed by atoms with van der Waals surface area (Å²) >= 11 is 1.32. The molecule has 0 atom stereocenters. The Balaban J connectivity index is 1.61. The number of rotatable bonds is 7. The molecule has 7 nitrogen and oxygen atoms in total. The van der Waals surface area contributed by atoms with E-state index in [1.807, 2.05) is 6.92 Å². The fourth-order valence-electron chi connectivity index (χ4n) is 2.18. The Hall–Kier alpha value is -3.13. The van der Waals surface area contributed by atoms with E-state index in [0.29, 0.717) is 34.3 Å². The molecular formula is C19H18N4O3S. The maximum Gasteiger partial charge on any atom is 0.338 e. The molecule has 2 aromatic heterocycles. The van der Waals surface area contributed by atoms with E-state index >= 15 is 0 Å². The number of carbonyl (C=O) groups excluding carboxylic acids is 2. The minimum absolute atomic E-state index is 0.295. The lowest BCUT2D eigenvalue weighted by Crippen LogP contribution is -2.12. The summed E-state index contributed by atoms with van der Waals surface area (Å²) in [7, 11) is 0. The van der Waals surface area contributed by atoms with Gasteiger partial charge in [0.25, 0.3) is 5.91 Å². The zero-order chi connectivity index (χ0) is 19.1. The SMILES string of the molecule is CCCCOC(=O)c1ccc(NC(=O)c2csc(-c3cnccn3)n2)cc1. The molecule has 0 aliphatic carbocycles. The van der Waals surface area contributed by atoms with Crippen LogP contribution in [0.15, 0.2) is 48.2 Å². The number of unbranched alkanes of at least 4 members (excludes halogenated alkanes) is 1. The average molecular weight is 382 g/mol. The number of hydrogen-bond donors (Lipinski definition) is 1. The Bertz CT molecular complexity index is 910. The van der Waals surface area contributed by atoms with Gasteiger partial charge >= 0.3 is 5.97 Å². The van der Waals surface area contributed by atoms with E-state index < -0.39 is 0 Å². The number of thiazole rings is 1. The maximum atomic E-state index is 12.4. The number of ether oxygens (including phenoxy) is 1. The fourth-order valence-corrected chi connectivity index (χ4v) is 2.94. The minimum atomic E-state index is -0.366. The first-order valence-corrected chi connectivity index (χ1v) is 9.36. The van der Waals surface area contributed by atoms with Crippen LogP contribution in [0.4, 0.5) is 5.69 Å². The van der Waals surface area contributed by atoms with Crippen LogP contribution >= 0.6 is 11.3 Å². The molecule has 0 spiro atoms. The van der Waals surface area contributed by atoms with Crippen LogP contribution in [0.3, 0.4) is 0 Å². The molecule has 0 bridgehead atoms. The van der Waals surface area contributed by atoms with Gasteiger partial charge in [0.15, 0.2) is 0 Å². The van der Waals surface area contributed by atoms with Crippen LogP contribution in [-0.2, 0) is 4.74 Å². The molecule has 1 amide bonds. The molecule has 0 aliphatic heterocycles. The highest BCUT2D eigenvalue weighted by Gasteiger charge is 2.13. The van der Waals surface area contributed by atoms with Gasteiger partial charge in [-0.2, -0.15) is 0 Å². The van der Waals surface area contributed by atoms with Crippen LogP contribution in [0.5, 0.6) is 0 Å². The number of hydrogen-bond acceptors (Lipinski definition) is 7. The lowest BCUT2D eigenvalue weighted by Gasteiger charge is -2.06. The fraction of sp³-hybridized carbons (Fsp3) is 0.211. The highest BCUT2D eigenvalue weighted by Crippen LogP contribution is 2.21. The molecule has 3 rings (SSSR count). The standard InChI is InChI=1S/C19H18N4O3S/c1-2-3-10-26-19(25)13-4-6-14(7-5-13)22-17(24)16-12-27-18(23-16)15-11-20-8-9-21-15/h4-9,11-12H,2-3,10H2,1H3,(H,22,24). The van der Waals surface area contributed by atoms with Gasteiger partial charge in [0.2, 0.25) is 0 Å². The predicted molar refractivity (Wildman–Crippen MR) is 103 cm³/mol. The van der Waals surface area contributed by atoms with Gasteiger partial charge in [-0.1, -0.05) is 13.3 Å². The zero-order valence-electron chi connectivity index (χ0n) is 14.7. The normalized spacial score (nSPS) is 10.4. The van der Waals surface area contributed by atoms with Crippen molar-refractivity contribution < 1.29 is 14.3 Å². The second-order valence-electron chi connectivity index (χ2n) is 5.65. The Kier molecular flexibility index (Phi) is 6.22. The van der Waals surface area contributed by atoms with Crippen molar-refractivity contribution in [2.75, 3.05) is 11.9 Å². The zero-order valence-corrected chi connectivity index (χ0v) is 15.5. The van der Waals surface area contributed by atoms with Crippen molar-refractivity contribution in [3.63, 3.8) is 0 Å². The van der Waals surface area contributed by atoms with E-state index in [-0.39, 0.29) is 11.9 Å². The van der Waals surface area contributed by atoms with Crippen molar-refractivity contribution in [3.05, 3.63) is 59.5 Å². The Morgan fingerprint density at radius 2 is 2.00 bits per heavy atom. The van der Waals surface area contributed by atoms with Gasteiger partial charge in [-0.3, -0.25) is 14.8 Å². The average Bonchev–Trinajstić information content (AvgIpc) is 3.20. The van der Waals surface area contributed by atoms with Crippen LogP contribution in [0.1, 0.15) is 40.6 Å². The minimum Gasteiger partial charge on any atom is -0.462 e. The van der Waals surface area contributed by atoms with E-state index in [0.717, 1.165) is 12.8 Å². The Morgan fingerprint density at radius 3 is 2.70 bits per heavy atom. The second kappa shape index (κ2) is 9.00. The van der Waals surface area contributed by atoms with Gasteiger partial charge in [-0.05, 0) is 30.7 Å². The molecule has 0 saturated carbocycles. The van der Waals surface area contributed by atoms with E-state index in [1.165, 1.54) is 11.3 Å². The summed E-state index contributed by atoms with van der Waals surface area (Å²) in [6.45, 7) is 2.44. The van der Waals surface area contributed by atoms with Gasteiger partial charge in [0.1, 0.15) is 16.4 Å².